The van der Waals surface area contributed by atoms with Gasteiger partial charge in [-0.05, 0) is 36.2 Å². The summed E-state index contributed by atoms with van der Waals surface area (Å²) < 4.78 is 11.8. The first-order chi connectivity index (χ1) is 9.22. The zero-order valence-corrected chi connectivity index (χ0v) is 12.2. The van der Waals surface area contributed by atoms with Gasteiger partial charge in [-0.2, -0.15) is 0 Å². The highest BCUT2D eigenvalue weighted by atomic mass is 79.9. The Morgan fingerprint density at radius 1 is 1.11 bits per heavy atom. The summed E-state index contributed by atoms with van der Waals surface area (Å²) in [7, 11) is 0. The number of fused-ring (bicyclic) bond motifs is 1. The standard InChI is InChI=1S/C15H14BrNO2/c1-10-2-3-11(6-13(10)16)8-17-12-4-5-14-15(7-12)19-9-18-14/h2-7,17H,8-9H2,1H3. The average molecular weight is 320 g/mol. The Hall–Kier alpha value is -1.68. The maximum absolute atomic E-state index is 5.36. The lowest BCUT2D eigenvalue weighted by Gasteiger charge is -2.08. The molecule has 0 bridgehead atoms. The maximum atomic E-state index is 5.36. The summed E-state index contributed by atoms with van der Waals surface area (Å²) in [4.78, 5) is 0. The van der Waals surface area contributed by atoms with Gasteiger partial charge in [-0.15, -0.1) is 0 Å². The first-order valence-electron chi connectivity index (χ1n) is 6.11. The van der Waals surface area contributed by atoms with E-state index in [1.165, 1.54) is 11.1 Å². The van der Waals surface area contributed by atoms with Gasteiger partial charge >= 0.3 is 0 Å². The maximum Gasteiger partial charge on any atom is 0.231 e. The van der Waals surface area contributed by atoms with Crippen LogP contribution in [0.25, 0.3) is 0 Å². The Bertz CT molecular complexity index is 613. The number of ether oxygens (including phenoxy) is 2. The number of benzene rings is 2. The second-order valence-corrected chi connectivity index (χ2v) is 5.36. The van der Waals surface area contributed by atoms with Gasteiger partial charge in [-0.25, -0.2) is 0 Å². The molecule has 0 atom stereocenters. The van der Waals surface area contributed by atoms with E-state index in [0.29, 0.717) is 6.79 Å². The second-order valence-electron chi connectivity index (χ2n) is 4.51. The molecule has 0 unspecified atom stereocenters. The molecule has 98 valence electrons. The highest BCUT2D eigenvalue weighted by Crippen LogP contribution is 2.34. The summed E-state index contributed by atoms with van der Waals surface area (Å²) in [5, 5.41) is 3.38. The van der Waals surface area contributed by atoms with Crippen LogP contribution in [0.4, 0.5) is 5.69 Å². The minimum atomic E-state index is 0.309. The van der Waals surface area contributed by atoms with Crippen molar-refractivity contribution in [1.82, 2.24) is 0 Å². The molecule has 0 radical (unpaired) electrons. The predicted molar refractivity (Wildman–Crippen MR) is 78.8 cm³/mol. The van der Waals surface area contributed by atoms with Gasteiger partial charge in [0, 0.05) is 22.8 Å². The lowest BCUT2D eigenvalue weighted by atomic mass is 10.1. The normalized spacial score (nSPS) is 12.5. The zero-order chi connectivity index (χ0) is 13.2. The van der Waals surface area contributed by atoms with E-state index in [0.717, 1.165) is 28.2 Å². The molecule has 2 aromatic rings. The largest absolute Gasteiger partial charge is 0.454 e. The summed E-state index contributed by atoms with van der Waals surface area (Å²) in [5.74, 6) is 1.61. The molecule has 1 heterocycles. The van der Waals surface area contributed by atoms with Gasteiger partial charge in [-0.1, -0.05) is 28.1 Å². The van der Waals surface area contributed by atoms with Crippen molar-refractivity contribution < 1.29 is 9.47 Å². The molecule has 0 saturated carbocycles. The van der Waals surface area contributed by atoms with Crippen molar-refractivity contribution in [3.63, 3.8) is 0 Å². The molecule has 3 nitrogen and oxygen atoms in total. The molecule has 2 aromatic carbocycles. The van der Waals surface area contributed by atoms with Crippen LogP contribution in [-0.4, -0.2) is 6.79 Å². The highest BCUT2D eigenvalue weighted by Gasteiger charge is 2.12. The minimum Gasteiger partial charge on any atom is -0.454 e. The molecule has 0 aliphatic carbocycles. The van der Waals surface area contributed by atoms with Crippen LogP contribution >= 0.6 is 15.9 Å². The fourth-order valence-electron chi connectivity index (χ4n) is 1.96. The van der Waals surface area contributed by atoms with Crippen LogP contribution in [0.15, 0.2) is 40.9 Å². The Labute approximate surface area is 120 Å². The zero-order valence-electron chi connectivity index (χ0n) is 10.6. The van der Waals surface area contributed by atoms with Crippen molar-refractivity contribution >= 4 is 21.6 Å². The molecule has 3 rings (SSSR count). The van der Waals surface area contributed by atoms with Gasteiger partial charge in [0.05, 0.1) is 0 Å². The van der Waals surface area contributed by atoms with Gasteiger partial charge in [0.1, 0.15) is 0 Å². The molecular formula is C15H14BrNO2. The highest BCUT2D eigenvalue weighted by molar-refractivity contribution is 9.10. The molecule has 1 N–H and O–H groups in total. The Morgan fingerprint density at radius 2 is 1.95 bits per heavy atom. The predicted octanol–water partition coefficient (Wildman–Crippen LogP) is 4.10. The van der Waals surface area contributed by atoms with Crippen molar-refractivity contribution in [2.75, 3.05) is 12.1 Å². The summed E-state index contributed by atoms with van der Waals surface area (Å²) >= 11 is 3.55. The van der Waals surface area contributed by atoms with Crippen LogP contribution < -0.4 is 14.8 Å². The van der Waals surface area contributed by atoms with Crippen molar-refractivity contribution in [3.8, 4) is 11.5 Å². The van der Waals surface area contributed by atoms with Crippen LogP contribution in [0, 0.1) is 6.92 Å². The molecule has 0 amide bonds. The van der Waals surface area contributed by atoms with Crippen molar-refractivity contribution in [1.29, 1.82) is 0 Å². The summed E-state index contributed by atoms with van der Waals surface area (Å²) in [5.41, 5.74) is 3.50. The quantitative estimate of drug-likeness (QED) is 0.924. The van der Waals surface area contributed by atoms with Crippen LogP contribution in [0.3, 0.4) is 0 Å². The SMILES string of the molecule is Cc1ccc(CNc2ccc3c(c2)OCO3)cc1Br. The fourth-order valence-corrected chi connectivity index (χ4v) is 2.38. The van der Waals surface area contributed by atoms with Crippen molar-refractivity contribution in [2.45, 2.75) is 13.5 Å². The van der Waals surface area contributed by atoms with Crippen LogP contribution in [0.2, 0.25) is 0 Å². The Morgan fingerprint density at radius 3 is 2.79 bits per heavy atom. The Kier molecular flexibility index (Phi) is 3.34. The van der Waals surface area contributed by atoms with Gasteiger partial charge in [0.25, 0.3) is 0 Å². The molecule has 4 heteroatoms. The van der Waals surface area contributed by atoms with E-state index in [2.05, 4.69) is 46.4 Å². The van der Waals surface area contributed by atoms with Gasteiger partial charge in [0.2, 0.25) is 6.79 Å². The molecule has 1 aliphatic heterocycles. The van der Waals surface area contributed by atoms with Gasteiger partial charge in [0.15, 0.2) is 11.5 Å². The van der Waals surface area contributed by atoms with E-state index in [1.54, 1.807) is 0 Å². The van der Waals surface area contributed by atoms with E-state index in [1.807, 2.05) is 18.2 Å². The first-order valence-corrected chi connectivity index (χ1v) is 6.90. The third-order valence-electron chi connectivity index (χ3n) is 3.11. The van der Waals surface area contributed by atoms with E-state index in [9.17, 15) is 0 Å². The molecule has 0 saturated heterocycles. The number of nitrogens with one attached hydrogen (secondary N) is 1. The number of aryl methyl sites for hydroxylation is 1. The fraction of sp³-hybridized carbons (Fsp3) is 0.200. The first kappa shape index (κ1) is 12.4. The van der Waals surface area contributed by atoms with Crippen molar-refractivity contribution in [2.24, 2.45) is 0 Å². The van der Waals surface area contributed by atoms with Crippen LogP contribution in [0.5, 0.6) is 11.5 Å². The molecule has 0 fully saturated rings. The van der Waals surface area contributed by atoms with Gasteiger partial charge < -0.3 is 14.8 Å². The number of rotatable bonds is 3. The van der Waals surface area contributed by atoms with E-state index in [4.69, 9.17) is 9.47 Å². The van der Waals surface area contributed by atoms with Crippen molar-refractivity contribution in [3.05, 3.63) is 52.0 Å². The summed E-state index contributed by atoms with van der Waals surface area (Å²) in [6.07, 6.45) is 0. The van der Waals surface area contributed by atoms with Gasteiger partial charge in [-0.3, -0.25) is 0 Å². The van der Waals surface area contributed by atoms with E-state index < -0.39 is 0 Å². The number of anilines is 1. The second kappa shape index (κ2) is 5.13. The lowest BCUT2D eigenvalue weighted by molar-refractivity contribution is 0.174. The third-order valence-corrected chi connectivity index (χ3v) is 3.96. The van der Waals surface area contributed by atoms with Crippen LogP contribution in [-0.2, 0) is 6.54 Å². The summed E-state index contributed by atoms with van der Waals surface area (Å²) in [6.45, 7) is 3.17. The molecule has 1 aliphatic rings. The lowest BCUT2D eigenvalue weighted by Crippen LogP contribution is -1.99. The number of hydrogen-bond donors (Lipinski definition) is 1. The average Bonchev–Trinajstić information content (AvgIpc) is 2.87. The molecule has 19 heavy (non-hydrogen) atoms. The minimum absolute atomic E-state index is 0.309. The smallest absolute Gasteiger partial charge is 0.231 e. The molecular weight excluding hydrogens is 306 g/mol. The number of hydrogen-bond acceptors (Lipinski definition) is 3. The number of halogens is 1. The van der Waals surface area contributed by atoms with Crippen LogP contribution in [0.1, 0.15) is 11.1 Å². The summed E-state index contributed by atoms with van der Waals surface area (Å²) in [6, 6.07) is 12.3. The topological polar surface area (TPSA) is 30.5 Å². The van der Waals surface area contributed by atoms with E-state index in [-0.39, 0.29) is 0 Å². The molecule has 0 aromatic heterocycles. The Balaban J connectivity index is 1.70. The van der Waals surface area contributed by atoms with E-state index >= 15 is 0 Å². The third kappa shape index (κ3) is 2.68. The molecule has 0 spiro atoms. The monoisotopic (exact) mass is 319 g/mol.